The normalized spacial score (nSPS) is 10.5. The highest BCUT2D eigenvalue weighted by molar-refractivity contribution is 5.94. The van der Waals surface area contributed by atoms with E-state index in [9.17, 15) is 0 Å². The van der Waals surface area contributed by atoms with E-state index in [1.165, 1.54) is 0 Å². The highest BCUT2D eigenvalue weighted by Gasteiger charge is 2.00. The largest absolute Gasteiger partial charge is 0.384 e. The Kier molecular flexibility index (Phi) is 1.55. The lowest BCUT2D eigenvalue weighted by Gasteiger charge is -1.98. The second-order valence-electron chi connectivity index (χ2n) is 2.99. The van der Waals surface area contributed by atoms with Crippen molar-refractivity contribution in [2.75, 3.05) is 0 Å². The van der Waals surface area contributed by atoms with Crippen molar-refractivity contribution in [1.82, 2.24) is 9.61 Å². The van der Waals surface area contributed by atoms with E-state index in [1.54, 1.807) is 10.7 Å². The third-order valence-corrected chi connectivity index (χ3v) is 1.89. The zero-order chi connectivity index (χ0) is 9.42. The van der Waals surface area contributed by atoms with Crippen molar-refractivity contribution < 1.29 is 0 Å². The highest BCUT2D eigenvalue weighted by Crippen LogP contribution is 2.07. The summed E-state index contributed by atoms with van der Waals surface area (Å²) >= 11 is 0. The number of fused-ring (bicyclic) bond motifs is 1. The third-order valence-electron chi connectivity index (χ3n) is 1.89. The number of nitrogens with zero attached hydrogens (tertiary/aromatic N) is 2. The van der Waals surface area contributed by atoms with Gasteiger partial charge in [0.05, 0.1) is 11.2 Å². The van der Waals surface area contributed by atoms with Gasteiger partial charge in [-0.25, -0.2) is 4.52 Å². The van der Waals surface area contributed by atoms with Crippen molar-refractivity contribution in [3.63, 3.8) is 0 Å². The molecule has 2 rings (SSSR count). The topological polar surface area (TPSA) is 67.2 Å². The molecule has 2 heterocycles. The van der Waals surface area contributed by atoms with E-state index >= 15 is 0 Å². The fourth-order valence-corrected chi connectivity index (χ4v) is 1.27. The number of amidine groups is 1. The number of hydrogen-bond acceptors (Lipinski definition) is 2. The van der Waals surface area contributed by atoms with Crippen LogP contribution in [0.15, 0.2) is 24.4 Å². The number of nitrogens with one attached hydrogen (secondary N) is 1. The molecule has 0 aliphatic rings. The van der Waals surface area contributed by atoms with Crippen LogP contribution in [-0.2, 0) is 0 Å². The molecule has 0 saturated carbocycles. The summed E-state index contributed by atoms with van der Waals surface area (Å²) in [6.07, 6.45) is 1.75. The SMILES string of the molecule is Cc1cc2ccc(C(=N)N)cn2n1. The van der Waals surface area contributed by atoms with Gasteiger partial charge in [0, 0.05) is 11.8 Å². The number of nitrogens with two attached hydrogens (primary N) is 1. The van der Waals surface area contributed by atoms with Gasteiger partial charge in [0.1, 0.15) is 5.84 Å². The Morgan fingerprint density at radius 1 is 1.54 bits per heavy atom. The van der Waals surface area contributed by atoms with E-state index in [0.29, 0.717) is 5.56 Å². The van der Waals surface area contributed by atoms with Gasteiger partial charge in [-0.15, -0.1) is 0 Å². The maximum atomic E-state index is 7.25. The lowest BCUT2D eigenvalue weighted by molar-refractivity contribution is 0.931. The Bertz CT molecular complexity index is 469. The van der Waals surface area contributed by atoms with Crippen LogP contribution in [0.4, 0.5) is 0 Å². The standard InChI is InChI=1S/C9H10N4/c1-6-4-8-3-2-7(9(10)11)5-13(8)12-6/h2-5H,1H3,(H3,10,11). The van der Waals surface area contributed by atoms with Crippen LogP contribution in [0.1, 0.15) is 11.3 Å². The number of hydrogen-bond donors (Lipinski definition) is 2. The molecule has 0 aliphatic carbocycles. The number of aryl methyl sites for hydroxylation is 1. The van der Waals surface area contributed by atoms with Crippen LogP contribution < -0.4 is 5.73 Å². The second kappa shape index (κ2) is 2.58. The van der Waals surface area contributed by atoms with Crippen LogP contribution in [0.25, 0.3) is 5.52 Å². The Hall–Kier alpha value is -1.84. The minimum atomic E-state index is 0.0649. The van der Waals surface area contributed by atoms with Gasteiger partial charge in [-0.2, -0.15) is 5.10 Å². The second-order valence-corrected chi connectivity index (χ2v) is 2.99. The van der Waals surface area contributed by atoms with Crippen LogP contribution >= 0.6 is 0 Å². The average molecular weight is 174 g/mol. The molecule has 2 aromatic rings. The monoisotopic (exact) mass is 174 g/mol. The molecule has 2 aromatic heterocycles. The van der Waals surface area contributed by atoms with Crippen LogP contribution in [0, 0.1) is 12.3 Å². The lowest BCUT2D eigenvalue weighted by atomic mass is 10.2. The van der Waals surface area contributed by atoms with Crippen molar-refractivity contribution in [1.29, 1.82) is 5.41 Å². The molecule has 0 amide bonds. The van der Waals surface area contributed by atoms with Gasteiger partial charge in [0.15, 0.2) is 0 Å². The fraction of sp³-hybridized carbons (Fsp3) is 0.111. The molecule has 13 heavy (non-hydrogen) atoms. The zero-order valence-electron chi connectivity index (χ0n) is 7.28. The van der Waals surface area contributed by atoms with Crippen LogP contribution in [0.3, 0.4) is 0 Å². The van der Waals surface area contributed by atoms with E-state index < -0.39 is 0 Å². The van der Waals surface area contributed by atoms with Gasteiger partial charge < -0.3 is 5.73 Å². The molecule has 0 spiro atoms. The summed E-state index contributed by atoms with van der Waals surface area (Å²) in [6, 6.07) is 5.69. The van der Waals surface area contributed by atoms with Gasteiger partial charge in [0.2, 0.25) is 0 Å². The molecule has 0 bridgehead atoms. The number of pyridine rings is 1. The van der Waals surface area contributed by atoms with Gasteiger partial charge >= 0.3 is 0 Å². The number of rotatable bonds is 1. The molecular formula is C9H10N4. The maximum Gasteiger partial charge on any atom is 0.124 e. The van der Waals surface area contributed by atoms with Crippen molar-refractivity contribution in [3.05, 3.63) is 35.7 Å². The average Bonchev–Trinajstić information content (AvgIpc) is 2.42. The molecule has 0 aliphatic heterocycles. The molecule has 0 saturated heterocycles. The Morgan fingerprint density at radius 2 is 2.31 bits per heavy atom. The summed E-state index contributed by atoms with van der Waals surface area (Å²) in [4.78, 5) is 0. The first-order valence-electron chi connectivity index (χ1n) is 3.97. The molecule has 0 aromatic carbocycles. The van der Waals surface area contributed by atoms with Gasteiger partial charge in [-0.05, 0) is 25.1 Å². The predicted octanol–water partition coefficient (Wildman–Crippen LogP) is 0.927. The van der Waals surface area contributed by atoms with Gasteiger partial charge in [-0.3, -0.25) is 5.41 Å². The molecule has 0 unspecified atom stereocenters. The molecule has 4 nitrogen and oxygen atoms in total. The summed E-state index contributed by atoms with van der Waals surface area (Å²) in [6.45, 7) is 1.93. The minimum Gasteiger partial charge on any atom is -0.384 e. The number of nitrogen functional groups attached to an aromatic ring is 1. The quantitative estimate of drug-likeness (QED) is 0.498. The van der Waals surface area contributed by atoms with E-state index in [1.807, 2.05) is 25.1 Å². The minimum absolute atomic E-state index is 0.0649. The molecule has 0 fully saturated rings. The first-order valence-corrected chi connectivity index (χ1v) is 3.97. The third kappa shape index (κ3) is 1.26. The summed E-state index contributed by atoms with van der Waals surface area (Å²) in [5.41, 5.74) is 8.02. The Labute approximate surface area is 75.5 Å². The van der Waals surface area contributed by atoms with E-state index in [2.05, 4.69) is 5.10 Å². The lowest BCUT2D eigenvalue weighted by Crippen LogP contribution is -2.11. The van der Waals surface area contributed by atoms with E-state index in [4.69, 9.17) is 11.1 Å². The number of aromatic nitrogens is 2. The molecule has 0 atom stereocenters. The zero-order valence-corrected chi connectivity index (χ0v) is 7.28. The molecular weight excluding hydrogens is 164 g/mol. The van der Waals surface area contributed by atoms with E-state index in [-0.39, 0.29) is 5.84 Å². The van der Waals surface area contributed by atoms with Gasteiger partial charge in [-0.1, -0.05) is 0 Å². The molecule has 4 heteroatoms. The summed E-state index contributed by atoms with van der Waals surface area (Å²) in [5, 5.41) is 11.5. The fourth-order valence-electron chi connectivity index (χ4n) is 1.27. The van der Waals surface area contributed by atoms with Crippen LogP contribution in [0.2, 0.25) is 0 Å². The highest BCUT2D eigenvalue weighted by atomic mass is 15.2. The first-order chi connectivity index (χ1) is 6.16. The van der Waals surface area contributed by atoms with Crippen LogP contribution in [-0.4, -0.2) is 15.4 Å². The molecule has 66 valence electrons. The summed E-state index contributed by atoms with van der Waals surface area (Å²) < 4.78 is 1.73. The molecule has 3 N–H and O–H groups in total. The van der Waals surface area contributed by atoms with E-state index in [0.717, 1.165) is 11.2 Å². The van der Waals surface area contributed by atoms with Crippen molar-refractivity contribution in [3.8, 4) is 0 Å². The maximum absolute atomic E-state index is 7.25. The molecule has 0 radical (unpaired) electrons. The smallest absolute Gasteiger partial charge is 0.124 e. The Balaban J connectivity index is 2.67. The first kappa shape index (κ1) is 7.79. The van der Waals surface area contributed by atoms with Gasteiger partial charge in [0.25, 0.3) is 0 Å². The summed E-state index contributed by atoms with van der Waals surface area (Å²) in [7, 11) is 0. The van der Waals surface area contributed by atoms with Crippen molar-refractivity contribution in [2.45, 2.75) is 6.92 Å². The van der Waals surface area contributed by atoms with Crippen molar-refractivity contribution in [2.24, 2.45) is 5.73 Å². The predicted molar refractivity (Wildman–Crippen MR) is 50.9 cm³/mol. The van der Waals surface area contributed by atoms with Crippen molar-refractivity contribution >= 4 is 11.4 Å². The summed E-state index contributed by atoms with van der Waals surface area (Å²) in [5.74, 6) is 0.0649. The van der Waals surface area contributed by atoms with Crippen LogP contribution in [0.5, 0.6) is 0 Å². The Morgan fingerprint density at radius 3 is 3.00 bits per heavy atom.